The average Bonchev–Trinajstić information content (AvgIpc) is 3.38. The van der Waals surface area contributed by atoms with Crippen molar-refractivity contribution in [2.24, 2.45) is 0 Å². The first-order valence-corrected chi connectivity index (χ1v) is 9.90. The highest BCUT2D eigenvalue weighted by molar-refractivity contribution is 6.30. The highest BCUT2D eigenvalue weighted by Crippen LogP contribution is 2.39. The number of halogens is 4. The first kappa shape index (κ1) is 21.2. The van der Waals surface area contributed by atoms with Crippen LogP contribution in [0.1, 0.15) is 41.9 Å². The number of benzene rings is 2. The number of nitrogens with one attached hydrogen (secondary N) is 1. The number of ether oxygens (including phenoxy) is 1. The van der Waals surface area contributed by atoms with Crippen molar-refractivity contribution in [1.29, 1.82) is 0 Å². The maximum atomic E-state index is 12.8. The fraction of sp³-hybridized carbons (Fsp3) is 0.286. The summed E-state index contributed by atoms with van der Waals surface area (Å²) in [4.78, 5) is 17.2. The quantitative estimate of drug-likeness (QED) is 0.555. The van der Waals surface area contributed by atoms with Crippen LogP contribution >= 0.6 is 11.6 Å². The summed E-state index contributed by atoms with van der Waals surface area (Å²) in [5.41, 5.74) is 0.110. The monoisotopic (exact) mass is 451 g/mol. The molecule has 0 atom stereocenters. The Morgan fingerprint density at radius 3 is 2.32 bits per heavy atom. The van der Waals surface area contributed by atoms with Crippen LogP contribution < -0.4 is 10.1 Å². The molecule has 3 aromatic rings. The minimum Gasteiger partial charge on any atom is -0.406 e. The minimum atomic E-state index is -4.77. The molecule has 0 unspecified atom stereocenters. The second kappa shape index (κ2) is 8.22. The fourth-order valence-corrected chi connectivity index (χ4v) is 3.73. The van der Waals surface area contributed by atoms with Gasteiger partial charge in [0.2, 0.25) is 5.82 Å². The first-order chi connectivity index (χ1) is 14.7. The van der Waals surface area contributed by atoms with Gasteiger partial charge in [0.15, 0.2) is 0 Å². The molecule has 162 valence electrons. The van der Waals surface area contributed by atoms with Crippen molar-refractivity contribution in [2.75, 3.05) is 0 Å². The maximum Gasteiger partial charge on any atom is 0.573 e. The number of aromatic nitrogens is 2. The number of carbonyl (C=O) groups excluding carboxylic acids is 1. The number of nitrogens with zero attached hydrogens (tertiary/aromatic N) is 2. The number of carbonyl (C=O) groups is 1. The zero-order valence-corrected chi connectivity index (χ0v) is 16.8. The van der Waals surface area contributed by atoms with Crippen LogP contribution in [0.4, 0.5) is 13.2 Å². The summed E-state index contributed by atoms with van der Waals surface area (Å²) in [6.07, 6.45) is -1.75. The number of hydrogen-bond donors (Lipinski definition) is 1. The molecular formula is C21H17ClF3N3O3. The lowest BCUT2D eigenvalue weighted by Gasteiger charge is -2.26. The zero-order valence-electron chi connectivity index (χ0n) is 16.1. The minimum absolute atomic E-state index is 0.209. The lowest BCUT2D eigenvalue weighted by Crippen LogP contribution is -2.44. The molecule has 1 aliphatic rings. The highest BCUT2D eigenvalue weighted by Gasteiger charge is 2.42. The van der Waals surface area contributed by atoms with Crippen LogP contribution in [-0.2, 0) is 5.54 Å². The van der Waals surface area contributed by atoms with Crippen molar-refractivity contribution in [2.45, 2.75) is 37.6 Å². The van der Waals surface area contributed by atoms with Gasteiger partial charge in [0.25, 0.3) is 11.8 Å². The summed E-state index contributed by atoms with van der Waals surface area (Å²) in [7, 11) is 0. The van der Waals surface area contributed by atoms with E-state index >= 15 is 0 Å². The summed E-state index contributed by atoms with van der Waals surface area (Å²) >= 11 is 5.88. The molecule has 2 aromatic carbocycles. The van der Waals surface area contributed by atoms with E-state index in [1.165, 1.54) is 24.3 Å². The molecule has 0 aliphatic heterocycles. The Hall–Kier alpha value is -3.07. The normalized spacial score (nSPS) is 15.6. The van der Waals surface area contributed by atoms with Crippen molar-refractivity contribution in [3.63, 3.8) is 0 Å². The Kier molecular flexibility index (Phi) is 5.62. The van der Waals surface area contributed by atoms with Gasteiger partial charge in [-0.1, -0.05) is 29.6 Å². The predicted molar refractivity (Wildman–Crippen MR) is 105 cm³/mol. The maximum absolute atomic E-state index is 12.8. The van der Waals surface area contributed by atoms with E-state index in [1.54, 1.807) is 24.3 Å². The van der Waals surface area contributed by atoms with E-state index in [-0.39, 0.29) is 23.4 Å². The van der Waals surface area contributed by atoms with Crippen LogP contribution in [0.3, 0.4) is 0 Å². The van der Waals surface area contributed by atoms with E-state index in [0.717, 1.165) is 12.8 Å². The van der Waals surface area contributed by atoms with Gasteiger partial charge < -0.3 is 14.6 Å². The van der Waals surface area contributed by atoms with E-state index < -0.39 is 11.9 Å². The molecule has 1 heterocycles. The Balaban J connectivity index is 1.55. The molecule has 0 saturated heterocycles. The second-order valence-corrected chi connectivity index (χ2v) is 7.68. The van der Waals surface area contributed by atoms with Crippen LogP contribution in [0, 0.1) is 0 Å². The van der Waals surface area contributed by atoms with Crippen molar-refractivity contribution in [1.82, 2.24) is 15.5 Å². The van der Waals surface area contributed by atoms with E-state index in [1.807, 2.05) is 0 Å². The van der Waals surface area contributed by atoms with Gasteiger partial charge in [-0.05, 0) is 61.4 Å². The van der Waals surface area contributed by atoms with Gasteiger partial charge in [0, 0.05) is 16.1 Å². The number of rotatable bonds is 5. The predicted octanol–water partition coefficient (Wildman–Crippen LogP) is 5.49. The van der Waals surface area contributed by atoms with Gasteiger partial charge >= 0.3 is 6.36 Å². The van der Waals surface area contributed by atoms with Crippen LogP contribution in [0.5, 0.6) is 5.75 Å². The highest BCUT2D eigenvalue weighted by atomic mass is 35.5. The first-order valence-electron chi connectivity index (χ1n) is 9.53. The van der Waals surface area contributed by atoms with Crippen LogP contribution in [0.15, 0.2) is 53.1 Å². The van der Waals surface area contributed by atoms with Gasteiger partial charge in [-0.3, -0.25) is 4.79 Å². The van der Waals surface area contributed by atoms with Gasteiger partial charge in [-0.25, -0.2) is 0 Å². The van der Waals surface area contributed by atoms with Gasteiger partial charge in [-0.15, -0.1) is 13.2 Å². The molecule has 1 amide bonds. The molecular weight excluding hydrogens is 435 g/mol. The van der Waals surface area contributed by atoms with E-state index in [0.29, 0.717) is 29.0 Å². The third-order valence-corrected chi connectivity index (χ3v) is 5.35. The van der Waals surface area contributed by atoms with Crippen molar-refractivity contribution >= 4 is 17.5 Å². The molecule has 0 spiro atoms. The molecule has 6 nitrogen and oxygen atoms in total. The molecule has 1 aliphatic carbocycles. The van der Waals surface area contributed by atoms with E-state index in [9.17, 15) is 18.0 Å². The molecule has 0 radical (unpaired) electrons. The Bertz CT molecular complexity index is 1060. The van der Waals surface area contributed by atoms with Crippen molar-refractivity contribution < 1.29 is 27.2 Å². The molecule has 1 fully saturated rings. The van der Waals surface area contributed by atoms with Gasteiger partial charge in [0.05, 0.1) is 0 Å². The lowest BCUT2D eigenvalue weighted by molar-refractivity contribution is -0.274. The van der Waals surface area contributed by atoms with Crippen molar-refractivity contribution in [3.8, 4) is 17.1 Å². The van der Waals surface area contributed by atoms with E-state index in [4.69, 9.17) is 16.1 Å². The standard InChI is InChI=1S/C21H17ClF3N3O3/c22-15-7-3-14(4-8-15)18(29)27-20(11-1-2-12-20)19-26-17(28-31-19)13-5-9-16(10-6-13)30-21(23,24)25/h3-10H,1-2,11-12H2,(H,27,29). The SMILES string of the molecule is O=C(NC1(c2nc(-c3ccc(OC(F)(F)F)cc3)no2)CCCC1)c1ccc(Cl)cc1. The van der Waals surface area contributed by atoms with Crippen LogP contribution in [0.25, 0.3) is 11.4 Å². The molecule has 4 rings (SSSR count). The smallest absolute Gasteiger partial charge is 0.406 e. The van der Waals surface area contributed by atoms with Gasteiger partial charge in [-0.2, -0.15) is 4.98 Å². The van der Waals surface area contributed by atoms with Crippen molar-refractivity contribution in [3.05, 3.63) is 65.0 Å². The molecule has 0 bridgehead atoms. The van der Waals surface area contributed by atoms with Gasteiger partial charge in [0.1, 0.15) is 11.3 Å². The topological polar surface area (TPSA) is 77.2 Å². The summed E-state index contributed by atoms with van der Waals surface area (Å²) in [6, 6.07) is 11.7. The zero-order chi connectivity index (χ0) is 22.1. The molecule has 1 aromatic heterocycles. The Morgan fingerprint density at radius 2 is 1.71 bits per heavy atom. The average molecular weight is 452 g/mol. The fourth-order valence-electron chi connectivity index (χ4n) is 3.60. The summed E-state index contributed by atoms with van der Waals surface area (Å²) in [5.74, 6) is -0.159. The number of hydrogen-bond acceptors (Lipinski definition) is 5. The molecule has 1 saturated carbocycles. The molecule has 31 heavy (non-hydrogen) atoms. The van der Waals surface area contributed by atoms with Crippen LogP contribution in [-0.4, -0.2) is 22.4 Å². The lowest BCUT2D eigenvalue weighted by atomic mass is 9.96. The third kappa shape index (κ3) is 4.82. The van der Waals surface area contributed by atoms with E-state index in [2.05, 4.69) is 20.2 Å². The number of alkyl halides is 3. The Morgan fingerprint density at radius 1 is 1.06 bits per heavy atom. The largest absolute Gasteiger partial charge is 0.573 e. The summed E-state index contributed by atoms with van der Waals surface area (Å²) in [6.45, 7) is 0. The summed E-state index contributed by atoms with van der Waals surface area (Å²) in [5, 5.41) is 7.50. The second-order valence-electron chi connectivity index (χ2n) is 7.25. The third-order valence-electron chi connectivity index (χ3n) is 5.10. The van der Waals surface area contributed by atoms with Crippen LogP contribution in [0.2, 0.25) is 5.02 Å². The molecule has 1 N–H and O–H groups in total. The number of amides is 1. The Labute approximate surface area is 180 Å². The molecule has 10 heteroatoms. The summed E-state index contributed by atoms with van der Waals surface area (Å²) < 4.78 is 46.3.